The predicted molar refractivity (Wildman–Crippen MR) is 96.7 cm³/mol. The molecule has 0 heterocycles. The first kappa shape index (κ1) is 20.3. The summed E-state index contributed by atoms with van der Waals surface area (Å²) < 4.78 is 51.6. The van der Waals surface area contributed by atoms with Crippen LogP contribution in [0.3, 0.4) is 0 Å². The molecule has 0 saturated carbocycles. The average molecular weight is 397 g/mol. The Morgan fingerprint density at radius 2 is 1.67 bits per heavy atom. The van der Waals surface area contributed by atoms with Gasteiger partial charge in [0.15, 0.2) is 11.6 Å². The Labute approximate surface area is 154 Å². The largest absolute Gasteiger partial charge is 0.366 e. The zero-order chi connectivity index (χ0) is 20.4. The van der Waals surface area contributed by atoms with Crippen LogP contribution in [-0.2, 0) is 14.8 Å². The molecule has 2 amide bonds. The van der Waals surface area contributed by atoms with Crippen molar-refractivity contribution in [1.29, 1.82) is 0 Å². The van der Waals surface area contributed by atoms with Gasteiger partial charge in [-0.05, 0) is 43.3 Å². The quantitative estimate of drug-likeness (QED) is 0.775. The van der Waals surface area contributed by atoms with Gasteiger partial charge < -0.3 is 11.1 Å². The number of nitrogens with two attached hydrogens (primary N) is 1. The minimum absolute atomic E-state index is 0.192. The number of nitrogens with zero attached hydrogens (tertiary/aromatic N) is 1. The second-order valence-electron chi connectivity index (χ2n) is 5.76. The average Bonchev–Trinajstić information content (AvgIpc) is 2.57. The molecule has 0 aliphatic carbocycles. The zero-order valence-electron chi connectivity index (χ0n) is 14.4. The normalized spacial score (nSPS) is 12.3. The van der Waals surface area contributed by atoms with Crippen LogP contribution in [0.5, 0.6) is 0 Å². The van der Waals surface area contributed by atoms with Gasteiger partial charge in [-0.15, -0.1) is 0 Å². The van der Waals surface area contributed by atoms with Crippen molar-refractivity contribution < 1.29 is 26.8 Å². The monoisotopic (exact) mass is 397 g/mol. The first-order chi connectivity index (χ1) is 12.5. The molecule has 27 heavy (non-hydrogen) atoms. The summed E-state index contributed by atoms with van der Waals surface area (Å²) in [4.78, 5) is 23.5. The van der Waals surface area contributed by atoms with Crippen LogP contribution < -0.4 is 15.4 Å². The van der Waals surface area contributed by atoms with Crippen LogP contribution in [0.4, 0.5) is 20.2 Å². The third-order valence-electron chi connectivity index (χ3n) is 3.68. The molecule has 10 heteroatoms. The highest BCUT2D eigenvalue weighted by Gasteiger charge is 2.29. The van der Waals surface area contributed by atoms with E-state index in [2.05, 4.69) is 5.32 Å². The molecule has 2 aromatic carbocycles. The van der Waals surface area contributed by atoms with Gasteiger partial charge in [0.05, 0.1) is 11.9 Å². The third kappa shape index (κ3) is 4.79. The Morgan fingerprint density at radius 1 is 1.07 bits per heavy atom. The number of sulfonamides is 1. The number of amides is 2. The van der Waals surface area contributed by atoms with E-state index in [1.54, 1.807) is 0 Å². The van der Waals surface area contributed by atoms with Crippen molar-refractivity contribution in [3.63, 3.8) is 0 Å². The fourth-order valence-electron chi connectivity index (χ4n) is 2.40. The minimum atomic E-state index is -3.98. The second-order valence-corrected chi connectivity index (χ2v) is 7.62. The fourth-order valence-corrected chi connectivity index (χ4v) is 3.56. The summed E-state index contributed by atoms with van der Waals surface area (Å²) in [5.41, 5.74) is 5.48. The maximum Gasteiger partial charge on any atom is 0.248 e. The van der Waals surface area contributed by atoms with E-state index in [-0.39, 0.29) is 11.3 Å². The maximum absolute atomic E-state index is 13.5. The lowest BCUT2D eigenvalue weighted by Gasteiger charge is -2.28. The highest BCUT2D eigenvalue weighted by atomic mass is 32.2. The third-order valence-corrected chi connectivity index (χ3v) is 4.92. The summed E-state index contributed by atoms with van der Waals surface area (Å²) in [5.74, 6) is -3.73. The van der Waals surface area contributed by atoms with Crippen LogP contribution >= 0.6 is 0 Å². The molecule has 144 valence electrons. The van der Waals surface area contributed by atoms with Gasteiger partial charge in [0.2, 0.25) is 21.8 Å². The maximum atomic E-state index is 13.5. The Bertz CT molecular complexity index is 978. The molecular formula is C17H17F2N3O4S. The number of hydrogen-bond acceptors (Lipinski definition) is 4. The number of rotatable bonds is 6. The Hall–Kier alpha value is -3.01. The van der Waals surface area contributed by atoms with Crippen LogP contribution in [-0.4, -0.2) is 32.5 Å². The van der Waals surface area contributed by atoms with E-state index in [9.17, 15) is 26.8 Å². The van der Waals surface area contributed by atoms with E-state index in [1.165, 1.54) is 31.2 Å². The number of carbonyl (C=O) groups excluding carboxylic acids is 2. The first-order valence-corrected chi connectivity index (χ1v) is 9.50. The van der Waals surface area contributed by atoms with Crippen LogP contribution in [0.1, 0.15) is 17.3 Å². The molecule has 2 rings (SSSR count). The molecule has 0 radical (unpaired) electrons. The van der Waals surface area contributed by atoms with Gasteiger partial charge in [-0.1, -0.05) is 0 Å². The van der Waals surface area contributed by atoms with E-state index < -0.39 is 39.5 Å². The highest BCUT2D eigenvalue weighted by molar-refractivity contribution is 7.92. The molecule has 2 aromatic rings. The summed E-state index contributed by atoms with van der Waals surface area (Å²) in [6.07, 6.45) is 0.847. The lowest BCUT2D eigenvalue weighted by Crippen LogP contribution is -2.45. The van der Waals surface area contributed by atoms with Crippen molar-refractivity contribution >= 4 is 33.2 Å². The molecule has 0 spiro atoms. The molecule has 0 saturated heterocycles. The number of nitrogens with one attached hydrogen (secondary N) is 1. The van der Waals surface area contributed by atoms with E-state index in [0.717, 1.165) is 18.4 Å². The summed E-state index contributed by atoms with van der Waals surface area (Å²) in [6, 6.07) is 6.90. The first-order valence-electron chi connectivity index (χ1n) is 7.66. The summed E-state index contributed by atoms with van der Waals surface area (Å²) >= 11 is 0. The van der Waals surface area contributed by atoms with Gasteiger partial charge in [-0.3, -0.25) is 13.9 Å². The molecule has 3 N–H and O–H groups in total. The van der Waals surface area contributed by atoms with E-state index in [0.29, 0.717) is 16.1 Å². The van der Waals surface area contributed by atoms with Gasteiger partial charge in [0.1, 0.15) is 6.04 Å². The summed E-state index contributed by atoms with van der Waals surface area (Å²) in [6.45, 7) is 1.30. The van der Waals surface area contributed by atoms with Crippen molar-refractivity contribution in [3.05, 3.63) is 59.7 Å². The highest BCUT2D eigenvalue weighted by Crippen LogP contribution is 2.23. The Kier molecular flexibility index (Phi) is 5.79. The van der Waals surface area contributed by atoms with Crippen molar-refractivity contribution in [3.8, 4) is 0 Å². The van der Waals surface area contributed by atoms with E-state index in [1.807, 2.05) is 0 Å². The van der Waals surface area contributed by atoms with Gasteiger partial charge in [-0.2, -0.15) is 0 Å². The molecular weight excluding hydrogens is 380 g/mol. The predicted octanol–water partition coefficient (Wildman–Crippen LogP) is 1.86. The fraction of sp³-hybridized carbons (Fsp3) is 0.176. The topological polar surface area (TPSA) is 110 Å². The molecule has 0 aliphatic heterocycles. The smallest absolute Gasteiger partial charge is 0.248 e. The summed E-state index contributed by atoms with van der Waals surface area (Å²) in [5, 5.41) is 2.49. The second kappa shape index (κ2) is 7.70. The van der Waals surface area contributed by atoms with Crippen LogP contribution in [0, 0.1) is 11.6 Å². The number of halogens is 2. The van der Waals surface area contributed by atoms with Crippen molar-refractivity contribution in [2.75, 3.05) is 15.9 Å². The van der Waals surface area contributed by atoms with Crippen LogP contribution in [0.25, 0.3) is 0 Å². The minimum Gasteiger partial charge on any atom is -0.366 e. The van der Waals surface area contributed by atoms with Crippen molar-refractivity contribution in [2.24, 2.45) is 5.73 Å². The zero-order valence-corrected chi connectivity index (χ0v) is 15.3. The Morgan fingerprint density at radius 3 is 2.15 bits per heavy atom. The number of anilines is 2. The molecule has 0 fully saturated rings. The number of hydrogen-bond donors (Lipinski definition) is 2. The molecule has 0 unspecified atom stereocenters. The SMILES string of the molecule is C[C@H](C(=O)Nc1ccc(C(N)=O)cc1)N(c1ccc(F)c(F)c1)S(C)(=O)=O. The van der Waals surface area contributed by atoms with Gasteiger partial charge in [0, 0.05) is 17.3 Å². The molecule has 1 atom stereocenters. The lowest BCUT2D eigenvalue weighted by atomic mass is 10.2. The molecule has 7 nitrogen and oxygen atoms in total. The number of primary amides is 1. The standard InChI is InChI=1S/C17H17F2N3O4S/c1-10(17(24)21-12-5-3-11(4-6-12)16(20)23)22(27(2,25)26)13-7-8-14(18)15(19)9-13/h3-10H,1-2H3,(H2,20,23)(H,21,24)/t10-/m1/s1. The van der Waals surface area contributed by atoms with E-state index in [4.69, 9.17) is 5.73 Å². The molecule has 0 aromatic heterocycles. The Balaban J connectivity index is 2.29. The molecule has 0 aliphatic rings. The van der Waals surface area contributed by atoms with Gasteiger partial charge in [0.25, 0.3) is 0 Å². The number of carbonyl (C=O) groups is 2. The summed E-state index contributed by atoms with van der Waals surface area (Å²) in [7, 11) is -3.98. The van der Waals surface area contributed by atoms with Crippen molar-refractivity contribution in [1.82, 2.24) is 0 Å². The molecule has 0 bridgehead atoms. The van der Waals surface area contributed by atoms with Crippen LogP contribution in [0.15, 0.2) is 42.5 Å². The number of benzene rings is 2. The van der Waals surface area contributed by atoms with E-state index >= 15 is 0 Å². The van der Waals surface area contributed by atoms with Gasteiger partial charge in [-0.25, -0.2) is 17.2 Å². The van der Waals surface area contributed by atoms with Crippen molar-refractivity contribution in [2.45, 2.75) is 13.0 Å². The van der Waals surface area contributed by atoms with Crippen LogP contribution in [0.2, 0.25) is 0 Å². The lowest BCUT2D eigenvalue weighted by molar-refractivity contribution is -0.116. The van der Waals surface area contributed by atoms with Gasteiger partial charge >= 0.3 is 0 Å².